The van der Waals surface area contributed by atoms with Crippen molar-refractivity contribution in [3.63, 3.8) is 0 Å². The Labute approximate surface area is 593 Å². The highest BCUT2D eigenvalue weighted by Crippen LogP contribution is 2.45. The fourth-order valence-electron chi connectivity index (χ4n) is 9.45. The van der Waals surface area contributed by atoms with Gasteiger partial charge in [0.15, 0.2) is 12.2 Å². The third-order valence-electron chi connectivity index (χ3n) is 15.1. The molecule has 5 atom stereocenters. The Morgan fingerprint density at radius 1 is 0.296 bits per heavy atom. The van der Waals surface area contributed by atoms with Gasteiger partial charge < -0.3 is 33.8 Å². The first-order chi connectivity index (χ1) is 47.7. The van der Waals surface area contributed by atoms with Gasteiger partial charge in [-0.1, -0.05) is 258 Å². The van der Waals surface area contributed by atoms with Crippen LogP contribution in [0.1, 0.15) is 285 Å². The van der Waals surface area contributed by atoms with Gasteiger partial charge in [-0.15, -0.1) is 0 Å². The van der Waals surface area contributed by atoms with Gasteiger partial charge in [0.05, 0.1) is 26.4 Å². The van der Waals surface area contributed by atoms with E-state index in [1.54, 1.807) is 0 Å². The molecule has 0 aromatic carbocycles. The number of rotatable bonds is 69. The molecule has 98 heavy (non-hydrogen) atoms. The van der Waals surface area contributed by atoms with Crippen LogP contribution in [0.4, 0.5) is 0 Å². The minimum atomic E-state index is -4.99. The lowest BCUT2D eigenvalue weighted by molar-refractivity contribution is -0.161. The first kappa shape index (κ1) is 93.2. The molecule has 5 unspecified atom stereocenters. The van der Waals surface area contributed by atoms with Crippen molar-refractivity contribution < 1.29 is 80.2 Å². The molecule has 0 bridgehead atoms. The van der Waals surface area contributed by atoms with Crippen molar-refractivity contribution in [1.82, 2.24) is 0 Å². The molecule has 560 valence electrons. The molecule has 17 nitrogen and oxygen atoms in total. The van der Waals surface area contributed by atoms with Gasteiger partial charge >= 0.3 is 39.5 Å². The number of carbonyl (C=O) groups excluding carboxylic acids is 4. The third kappa shape index (κ3) is 69.7. The molecule has 0 radical (unpaired) electrons. The highest BCUT2D eigenvalue weighted by atomic mass is 31.2. The summed E-state index contributed by atoms with van der Waals surface area (Å²) in [6.07, 6.45) is 77.4. The van der Waals surface area contributed by atoms with Crippen LogP contribution in [0.5, 0.6) is 0 Å². The maximum absolute atomic E-state index is 13.1. The van der Waals surface area contributed by atoms with Crippen molar-refractivity contribution in [2.24, 2.45) is 0 Å². The Morgan fingerprint density at radius 2 is 0.551 bits per heavy atom. The normalized spacial score (nSPS) is 14.7. The van der Waals surface area contributed by atoms with Crippen LogP contribution in [0.2, 0.25) is 0 Å². The lowest BCUT2D eigenvalue weighted by Crippen LogP contribution is -2.30. The maximum Gasteiger partial charge on any atom is 0.472 e. The van der Waals surface area contributed by atoms with Crippen molar-refractivity contribution in [2.45, 2.75) is 303 Å². The average Bonchev–Trinajstić information content (AvgIpc) is 0.972. The second-order valence-corrected chi connectivity index (χ2v) is 27.4. The molecule has 3 N–H and O–H groups in total. The summed E-state index contributed by atoms with van der Waals surface area (Å²) in [5.41, 5.74) is 0. The van der Waals surface area contributed by atoms with Crippen LogP contribution in [0.15, 0.2) is 134 Å². The lowest BCUT2D eigenvalue weighted by atomic mass is 10.1. The summed E-state index contributed by atoms with van der Waals surface area (Å²) in [7, 11) is -9.97. The van der Waals surface area contributed by atoms with E-state index in [-0.39, 0.29) is 25.7 Å². The van der Waals surface area contributed by atoms with Gasteiger partial charge in [0.25, 0.3) is 0 Å². The number of esters is 4. The minimum absolute atomic E-state index is 0.0670. The molecule has 0 amide bonds. The van der Waals surface area contributed by atoms with Gasteiger partial charge in [0, 0.05) is 25.7 Å². The number of ether oxygens (including phenoxy) is 4. The van der Waals surface area contributed by atoms with Crippen LogP contribution < -0.4 is 0 Å². The molecule has 0 aromatic heterocycles. The molecule has 0 aliphatic heterocycles. The number of hydrogen-bond acceptors (Lipinski definition) is 15. The van der Waals surface area contributed by atoms with Crippen LogP contribution in [0, 0.1) is 0 Å². The molecular formula is C79H132O17P2. The number of hydrogen-bond donors (Lipinski definition) is 3. The smallest absolute Gasteiger partial charge is 0.462 e. The summed E-state index contributed by atoms with van der Waals surface area (Å²) in [4.78, 5) is 72.7. The van der Waals surface area contributed by atoms with Crippen LogP contribution >= 0.6 is 15.6 Å². The molecule has 0 spiro atoms. The van der Waals surface area contributed by atoms with Crippen molar-refractivity contribution in [2.75, 3.05) is 39.6 Å². The van der Waals surface area contributed by atoms with Crippen molar-refractivity contribution in [3.05, 3.63) is 134 Å². The maximum atomic E-state index is 13.1. The van der Waals surface area contributed by atoms with Gasteiger partial charge in [-0.3, -0.25) is 37.3 Å². The molecule has 0 aromatic rings. The predicted octanol–water partition coefficient (Wildman–Crippen LogP) is 21.3. The van der Waals surface area contributed by atoms with Crippen molar-refractivity contribution >= 4 is 39.5 Å². The highest BCUT2D eigenvalue weighted by Gasteiger charge is 2.30. The SMILES string of the molecule is CC/C=C\C/C=C\C/C=C\C/C=C\C/C=C\CCCCCC(=O)OCC(COP(=O)(O)OCC(O)COP(=O)(O)OCC(COC(=O)CCCC/C=C\C/C=C\C/C=C\C/C=C\CC)OC(=O)CCCCCCCCCCCCC)OC(=O)CCCCCCC/C=C\C/C=C\CCC. The topological polar surface area (TPSA) is 237 Å². The third-order valence-corrected chi connectivity index (χ3v) is 17.0. The Morgan fingerprint density at radius 3 is 0.888 bits per heavy atom. The zero-order valence-electron chi connectivity index (χ0n) is 60.9. The lowest BCUT2D eigenvalue weighted by Gasteiger charge is -2.21. The van der Waals surface area contributed by atoms with Gasteiger partial charge in [0.2, 0.25) is 0 Å². The Kier molecular flexibility index (Phi) is 67.2. The van der Waals surface area contributed by atoms with E-state index in [0.29, 0.717) is 25.7 Å². The predicted molar refractivity (Wildman–Crippen MR) is 399 cm³/mol. The minimum Gasteiger partial charge on any atom is -0.462 e. The summed E-state index contributed by atoms with van der Waals surface area (Å²) in [6.45, 7) is 4.45. The fourth-order valence-corrected chi connectivity index (χ4v) is 11.0. The second kappa shape index (κ2) is 70.6. The largest absolute Gasteiger partial charge is 0.472 e. The zero-order valence-corrected chi connectivity index (χ0v) is 62.7. The number of aliphatic hydroxyl groups excluding tert-OH is 1. The molecule has 19 heteroatoms. The first-order valence-corrected chi connectivity index (χ1v) is 40.4. The molecule has 0 aliphatic carbocycles. The van der Waals surface area contributed by atoms with E-state index in [2.05, 4.69) is 161 Å². The van der Waals surface area contributed by atoms with E-state index in [4.69, 9.17) is 37.0 Å². The average molecular weight is 1420 g/mol. The summed E-state index contributed by atoms with van der Waals surface area (Å²) < 4.78 is 68.3. The summed E-state index contributed by atoms with van der Waals surface area (Å²) in [6, 6.07) is 0. The van der Waals surface area contributed by atoms with E-state index in [0.717, 1.165) is 167 Å². The van der Waals surface area contributed by atoms with E-state index in [9.17, 15) is 43.2 Å². The highest BCUT2D eigenvalue weighted by molar-refractivity contribution is 7.47. The molecule has 0 saturated heterocycles. The molecule has 0 saturated carbocycles. The van der Waals surface area contributed by atoms with Gasteiger partial charge in [-0.05, 0) is 135 Å². The monoisotopic (exact) mass is 1410 g/mol. The Bertz CT molecular complexity index is 2380. The van der Waals surface area contributed by atoms with E-state index in [1.807, 2.05) is 0 Å². The van der Waals surface area contributed by atoms with Gasteiger partial charge in [0.1, 0.15) is 19.3 Å². The first-order valence-electron chi connectivity index (χ1n) is 37.4. The van der Waals surface area contributed by atoms with Crippen LogP contribution in [0.25, 0.3) is 0 Å². The number of allylic oxidation sites excluding steroid dienone is 22. The van der Waals surface area contributed by atoms with Crippen LogP contribution in [-0.4, -0.2) is 96.7 Å². The van der Waals surface area contributed by atoms with Gasteiger partial charge in [-0.25, -0.2) is 9.13 Å². The van der Waals surface area contributed by atoms with E-state index < -0.39 is 97.5 Å². The zero-order chi connectivity index (χ0) is 71.8. The Balaban J connectivity index is 5.39. The van der Waals surface area contributed by atoms with Gasteiger partial charge in [-0.2, -0.15) is 0 Å². The van der Waals surface area contributed by atoms with E-state index in [1.165, 1.54) is 38.5 Å². The molecule has 0 heterocycles. The van der Waals surface area contributed by atoms with Crippen LogP contribution in [0.3, 0.4) is 0 Å². The molecule has 0 fully saturated rings. The molecule has 0 aliphatic rings. The summed E-state index contributed by atoms with van der Waals surface area (Å²) in [5.74, 6) is -2.28. The standard InChI is InChI=1S/C79H132O17P2/c1-5-9-13-17-21-25-29-32-34-35-36-37-39-42-45-48-52-56-60-64-77(82)90-70-75(96-79(84)66-62-58-54-50-46-40-31-27-23-19-15-11-7-3)72-94-98(87,88)92-68-73(80)67-91-97(85,86)93-71-74(95-78(83)65-61-57-53-49-43-28-24-20-16-12-8-4)69-89-76(81)63-59-55-51-47-44-41-38-33-30-26-22-18-14-10-6-2/h9-10,13-15,19,21-22,25-27,31-34,36-38,42,44-45,47,73-75,80H,5-8,11-12,16-18,20,23-24,28-30,35,39-41,43,46,48-72H2,1-4H3,(H,85,86)(H,87,88)/b13-9-,14-10-,19-15-,25-21-,26-22-,31-27-,34-32-,37-36-,38-33-,45-42-,47-44-. The summed E-state index contributed by atoms with van der Waals surface area (Å²) >= 11 is 0. The van der Waals surface area contributed by atoms with Crippen LogP contribution in [-0.2, 0) is 65.4 Å². The number of unbranched alkanes of at least 4 members (excludes halogenated alkanes) is 21. The quantitative estimate of drug-likeness (QED) is 0.0169. The second-order valence-electron chi connectivity index (χ2n) is 24.5. The Hall–Kier alpha value is -4.80. The number of aliphatic hydroxyl groups is 1. The fraction of sp³-hybridized carbons (Fsp3) is 0.671. The summed E-state index contributed by atoms with van der Waals surface area (Å²) in [5, 5.41) is 10.6. The van der Waals surface area contributed by atoms with Crippen molar-refractivity contribution in [3.8, 4) is 0 Å². The van der Waals surface area contributed by atoms with Crippen molar-refractivity contribution in [1.29, 1.82) is 0 Å². The van der Waals surface area contributed by atoms with E-state index >= 15 is 0 Å². The molecular weight excluding hydrogens is 1280 g/mol. The number of phosphoric acid groups is 2. The molecule has 0 rings (SSSR count). The number of phosphoric ester groups is 2. The number of carbonyl (C=O) groups is 4.